The van der Waals surface area contributed by atoms with Crippen molar-refractivity contribution in [3.8, 4) is 6.07 Å². The third-order valence-electron chi connectivity index (χ3n) is 4.00. The molecule has 0 aromatic carbocycles. The van der Waals surface area contributed by atoms with Crippen molar-refractivity contribution < 1.29 is 20.1 Å². The normalized spacial score (nSPS) is 40.7. The van der Waals surface area contributed by atoms with E-state index in [1.54, 1.807) is 0 Å². The summed E-state index contributed by atoms with van der Waals surface area (Å²) in [6, 6.07) is 2.06. The van der Waals surface area contributed by atoms with E-state index in [0.29, 0.717) is 10.2 Å². The van der Waals surface area contributed by atoms with Crippen LogP contribution in [-0.2, 0) is 4.74 Å². The van der Waals surface area contributed by atoms with Crippen molar-refractivity contribution in [2.75, 3.05) is 6.61 Å². The van der Waals surface area contributed by atoms with Crippen molar-refractivity contribution in [2.24, 2.45) is 21.6 Å². The van der Waals surface area contributed by atoms with Gasteiger partial charge in [-0.15, -0.1) is 0 Å². The molecule has 3 aliphatic heterocycles. The molecule has 0 radical (unpaired) electrons. The first-order chi connectivity index (χ1) is 10.5. The van der Waals surface area contributed by atoms with E-state index < -0.39 is 43.2 Å². The first kappa shape index (κ1) is 15.4. The second-order valence-corrected chi connectivity index (χ2v) is 5.91. The molecule has 1 saturated heterocycles. The number of hydrogen-bond donors (Lipinski definition) is 4. The molecule has 1 fully saturated rings. The largest absolute Gasteiger partial charge is 0.394 e. The Kier molecular flexibility index (Phi) is 3.92. The summed E-state index contributed by atoms with van der Waals surface area (Å²) in [5.41, 5.74) is 6.18. The Morgan fingerprint density at radius 1 is 1.45 bits per heavy atom. The quantitative estimate of drug-likeness (QED) is 0.419. The summed E-state index contributed by atoms with van der Waals surface area (Å²) in [6.07, 6.45) is -3.71. The number of hydrogen-bond acceptors (Lipinski definition) is 9. The van der Waals surface area contributed by atoms with Gasteiger partial charge in [0.25, 0.3) is 0 Å². The maximum absolute atomic E-state index is 10.2. The smallest absolute Gasteiger partial charge is 0.161 e. The molecule has 10 heteroatoms. The lowest BCUT2D eigenvalue weighted by atomic mass is 9.98. The van der Waals surface area contributed by atoms with E-state index in [1.807, 2.05) is 0 Å². The van der Waals surface area contributed by atoms with Gasteiger partial charge in [0, 0.05) is 0 Å². The van der Waals surface area contributed by atoms with Crippen LogP contribution < -0.4 is 5.73 Å². The molecule has 3 heterocycles. The molecule has 3 rings (SSSR count). The molecule has 3 unspecified atom stereocenters. The van der Waals surface area contributed by atoms with Crippen LogP contribution in [0.4, 0.5) is 0 Å². The zero-order valence-corrected chi connectivity index (χ0v) is 12.8. The van der Waals surface area contributed by atoms with Gasteiger partial charge in [-0.3, -0.25) is 0 Å². The van der Waals surface area contributed by atoms with Crippen LogP contribution in [0.15, 0.2) is 20.2 Å². The van der Waals surface area contributed by atoms with Gasteiger partial charge >= 0.3 is 0 Å². The number of aliphatic imine (C=N–C) groups is 2. The number of amidine groups is 1. The van der Waals surface area contributed by atoms with E-state index in [0.717, 1.165) is 0 Å². The summed E-state index contributed by atoms with van der Waals surface area (Å²) < 4.78 is 5.89. The van der Waals surface area contributed by atoms with Crippen LogP contribution in [0.1, 0.15) is 0 Å². The van der Waals surface area contributed by atoms with Crippen LogP contribution in [0.3, 0.4) is 0 Å². The highest BCUT2D eigenvalue weighted by atomic mass is 79.9. The molecular weight excluding hydrogens is 358 g/mol. The van der Waals surface area contributed by atoms with Crippen LogP contribution in [0, 0.1) is 17.2 Å². The third-order valence-corrected chi connectivity index (χ3v) is 4.84. The van der Waals surface area contributed by atoms with Crippen LogP contribution in [0.2, 0.25) is 0 Å². The fourth-order valence-corrected chi connectivity index (χ4v) is 3.63. The fraction of sp³-hybridized carbons (Fsp3) is 0.583. The number of nitriles is 1. The predicted octanol–water partition coefficient (Wildman–Crippen LogP) is -1.79. The summed E-state index contributed by atoms with van der Waals surface area (Å²) in [6.45, 7) is -0.435. The predicted molar refractivity (Wildman–Crippen MR) is 78.6 cm³/mol. The second-order valence-electron chi connectivity index (χ2n) is 5.16. The highest BCUT2D eigenvalue weighted by Crippen LogP contribution is 2.43. The molecule has 0 saturated carbocycles. The monoisotopic (exact) mass is 371 g/mol. The lowest BCUT2D eigenvalue weighted by Gasteiger charge is -2.34. The average molecular weight is 372 g/mol. The zero-order valence-electron chi connectivity index (χ0n) is 11.2. The SMILES string of the molecule is N#CC1=C(Br)N(C2O[C@H](CO)[C@@H](O)[C@H]2O)C2N=CN=C(N)C12. The van der Waals surface area contributed by atoms with E-state index in [2.05, 4.69) is 32.0 Å². The first-order valence-corrected chi connectivity index (χ1v) is 7.36. The Morgan fingerprint density at radius 2 is 2.18 bits per heavy atom. The summed E-state index contributed by atoms with van der Waals surface area (Å²) >= 11 is 3.31. The van der Waals surface area contributed by atoms with Gasteiger partial charge in [0.15, 0.2) is 6.23 Å². The number of nitrogens with two attached hydrogens (primary N) is 1. The van der Waals surface area contributed by atoms with Crippen LogP contribution in [0.25, 0.3) is 0 Å². The Bertz CT molecular complexity index is 615. The number of nitrogens with zero attached hydrogens (tertiary/aromatic N) is 4. The lowest BCUT2D eigenvalue weighted by molar-refractivity contribution is -0.0911. The number of rotatable bonds is 2. The molecule has 0 bridgehead atoms. The maximum Gasteiger partial charge on any atom is 0.161 e. The van der Waals surface area contributed by atoms with E-state index in [4.69, 9.17) is 10.5 Å². The van der Waals surface area contributed by atoms with Crippen molar-refractivity contribution in [2.45, 2.75) is 30.7 Å². The lowest BCUT2D eigenvalue weighted by Crippen LogP contribution is -2.49. The molecule has 0 aromatic heterocycles. The van der Waals surface area contributed by atoms with Crippen molar-refractivity contribution in [3.63, 3.8) is 0 Å². The molecule has 6 atom stereocenters. The molecule has 3 aliphatic rings. The standard InChI is InChI=1S/C12H14BrN5O4/c13-9-4(1-14)6-10(15)16-3-17-11(6)18(9)12-8(21)7(20)5(2-19)22-12/h3,5-8,11-12,19-21H,2H2,(H2,15,16,17)/t5-,6?,7-,8-,11?,12?/m1/s1. The van der Waals surface area contributed by atoms with Crippen LogP contribution in [-0.4, -0.2) is 69.7 Å². The number of fused-ring (bicyclic) bond motifs is 1. The number of halogens is 1. The summed E-state index contributed by atoms with van der Waals surface area (Å²) in [7, 11) is 0. The zero-order chi connectivity index (χ0) is 16.0. The molecule has 0 aliphatic carbocycles. The van der Waals surface area contributed by atoms with Gasteiger partial charge < -0.3 is 30.7 Å². The molecule has 118 valence electrons. The van der Waals surface area contributed by atoms with E-state index in [1.165, 1.54) is 11.2 Å². The minimum atomic E-state index is -1.27. The first-order valence-electron chi connectivity index (χ1n) is 6.56. The minimum absolute atomic E-state index is 0.239. The van der Waals surface area contributed by atoms with E-state index in [9.17, 15) is 20.6 Å². The Hall–Kier alpha value is -1.51. The van der Waals surface area contributed by atoms with Crippen LogP contribution in [0.5, 0.6) is 0 Å². The summed E-state index contributed by atoms with van der Waals surface area (Å²) in [5.74, 6) is -0.312. The highest BCUT2D eigenvalue weighted by molar-refractivity contribution is 9.11. The molecule has 22 heavy (non-hydrogen) atoms. The Balaban J connectivity index is 1.98. The minimum Gasteiger partial charge on any atom is -0.394 e. The highest BCUT2D eigenvalue weighted by Gasteiger charge is 2.53. The van der Waals surface area contributed by atoms with Crippen molar-refractivity contribution in [1.82, 2.24) is 4.90 Å². The van der Waals surface area contributed by atoms with Crippen molar-refractivity contribution in [1.29, 1.82) is 5.26 Å². The molecular formula is C12H14BrN5O4. The average Bonchev–Trinajstić information content (AvgIpc) is 2.95. The van der Waals surface area contributed by atoms with Gasteiger partial charge in [-0.1, -0.05) is 0 Å². The molecule has 0 amide bonds. The summed E-state index contributed by atoms with van der Waals surface area (Å²) in [5, 5.41) is 38.6. The number of ether oxygens (including phenoxy) is 1. The van der Waals surface area contributed by atoms with Crippen molar-refractivity contribution >= 4 is 28.1 Å². The second kappa shape index (κ2) is 5.60. The van der Waals surface area contributed by atoms with Gasteiger partial charge in [-0.2, -0.15) is 5.26 Å². The topological polar surface area (TPSA) is 148 Å². The third kappa shape index (κ3) is 2.05. The van der Waals surface area contributed by atoms with E-state index >= 15 is 0 Å². The van der Waals surface area contributed by atoms with Crippen LogP contribution >= 0.6 is 15.9 Å². The van der Waals surface area contributed by atoms with Gasteiger partial charge in [0.05, 0.1) is 28.8 Å². The summed E-state index contributed by atoms with van der Waals surface area (Å²) in [4.78, 5) is 9.64. The fourth-order valence-electron chi connectivity index (χ4n) is 2.89. The maximum atomic E-state index is 10.2. The van der Waals surface area contributed by atoms with E-state index in [-0.39, 0.29) is 5.84 Å². The number of aliphatic hydroxyl groups is 3. The number of aliphatic hydroxyl groups excluding tert-OH is 3. The van der Waals surface area contributed by atoms with Gasteiger partial charge in [-0.05, 0) is 15.9 Å². The molecule has 0 aromatic rings. The Morgan fingerprint density at radius 3 is 2.77 bits per heavy atom. The van der Waals surface area contributed by atoms with Gasteiger partial charge in [-0.25, -0.2) is 9.98 Å². The Labute approximate surface area is 134 Å². The molecule has 9 nitrogen and oxygen atoms in total. The molecule has 5 N–H and O–H groups in total. The van der Waals surface area contributed by atoms with Gasteiger partial charge in [0.1, 0.15) is 36.7 Å². The molecule has 0 spiro atoms. The van der Waals surface area contributed by atoms with Gasteiger partial charge in [0.2, 0.25) is 0 Å². The van der Waals surface area contributed by atoms with Crippen molar-refractivity contribution in [3.05, 3.63) is 10.2 Å².